The summed E-state index contributed by atoms with van der Waals surface area (Å²) in [5.41, 5.74) is -0.684. The number of rotatable bonds is 5. The van der Waals surface area contributed by atoms with Gasteiger partial charge in [0, 0.05) is 6.07 Å². The standard InChI is InChI=1S/C23H17F2N3O3/c24-17-11-12-19(18(25)13-17)26-20(29)14-28-21(30)23(27-22(28)31,15-7-3-1-4-8-15)16-9-5-2-6-10-16/h1-13H,14H2,(H,26,29)(H,27,31). The van der Waals surface area contributed by atoms with Gasteiger partial charge >= 0.3 is 6.03 Å². The Kier molecular flexibility index (Phi) is 5.21. The topological polar surface area (TPSA) is 78.5 Å². The minimum atomic E-state index is -1.50. The molecule has 3 aromatic carbocycles. The Morgan fingerprint density at radius 2 is 1.48 bits per heavy atom. The number of carbonyl (C=O) groups is 3. The first-order valence-corrected chi connectivity index (χ1v) is 9.42. The number of amides is 4. The number of anilines is 1. The van der Waals surface area contributed by atoms with E-state index < -0.39 is 41.6 Å². The van der Waals surface area contributed by atoms with Gasteiger partial charge in [0.1, 0.15) is 18.2 Å². The lowest BCUT2D eigenvalue weighted by Gasteiger charge is -2.28. The van der Waals surface area contributed by atoms with Crippen LogP contribution in [-0.2, 0) is 15.1 Å². The van der Waals surface area contributed by atoms with Crippen LogP contribution in [0.1, 0.15) is 11.1 Å². The van der Waals surface area contributed by atoms with Crippen LogP contribution in [0, 0.1) is 11.6 Å². The van der Waals surface area contributed by atoms with E-state index in [2.05, 4.69) is 10.6 Å². The van der Waals surface area contributed by atoms with Crippen molar-refractivity contribution in [2.75, 3.05) is 11.9 Å². The second-order valence-electron chi connectivity index (χ2n) is 6.98. The van der Waals surface area contributed by atoms with Crippen LogP contribution in [0.15, 0.2) is 78.9 Å². The summed E-state index contributed by atoms with van der Waals surface area (Å²) >= 11 is 0. The van der Waals surface area contributed by atoms with Gasteiger partial charge < -0.3 is 10.6 Å². The summed E-state index contributed by atoms with van der Waals surface area (Å²) in [5, 5.41) is 4.98. The first-order valence-electron chi connectivity index (χ1n) is 9.42. The maximum atomic E-state index is 13.8. The van der Waals surface area contributed by atoms with Gasteiger partial charge in [-0.3, -0.25) is 14.5 Å². The highest BCUT2D eigenvalue weighted by molar-refractivity contribution is 6.12. The molecule has 0 saturated carbocycles. The maximum absolute atomic E-state index is 13.8. The van der Waals surface area contributed by atoms with Gasteiger partial charge in [0.2, 0.25) is 5.91 Å². The molecule has 31 heavy (non-hydrogen) atoms. The van der Waals surface area contributed by atoms with Crippen molar-refractivity contribution in [1.29, 1.82) is 0 Å². The Morgan fingerprint density at radius 1 is 0.903 bits per heavy atom. The zero-order valence-corrected chi connectivity index (χ0v) is 16.1. The lowest BCUT2D eigenvalue weighted by Crippen LogP contribution is -2.45. The Balaban J connectivity index is 1.64. The van der Waals surface area contributed by atoms with Gasteiger partial charge in [-0.25, -0.2) is 13.6 Å². The van der Waals surface area contributed by atoms with Crippen molar-refractivity contribution < 1.29 is 23.2 Å². The zero-order chi connectivity index (χ0) is 22.0. The molecule has 2 N–H and O–H groups in total. The van der Waals surface area contributed by atoms with Crippen molar-refractivity contribution in [3.05, 3.63) is 102 Å². The summed E-state index contributed by atoms with van der Waals surface area (Å²) in [6.45, 7) is -0.636. The van der Waals surface area contributed by atoms with Crippen LogP contribution in [0.3, 0.4) is 0 Å². The highest BCUT2D eigenvalue weighted by Crippen LogP contribution is 2.35. The number of nitrogens with zero attached hydrogens (tertiary/aromatic N) is 1. The van der Waals surface area contributed by atoms with Crippen LogP contribution in [0.5, 0.6) is 0 Å². The second kappa shape index (κ2) is 7.98. The number of imide groups is 1. The SMILES string of the molecule is O=C(CN1C(=O)NC(c2ccccc2)(c2ccccc2)C1=O)Nc1ccc(F)cc1F. The molecule has 3 aromatic rings. The highest BCUT2D eigenvalue weighted by Gasteiger charge is 2.54. The molecule has 0 spiro atoms. The summed E-state index contributed by atoms with van der Waals surface area (Å²) in [4.78, 5) is 39.4. The molecule has 0 atom stereocenters. The van der Waals surface area contributed by atoms with E-state index in [0.717, 1.165) is 17.0 Å². The summed E-state index contributed by atoms with van der Waals surface area (Å²) in [7, 11) is 0. The molecule has 0 unspecified atom stereocenters. The van der Waals surface area contributed by atoms with E-state index in [1.165, 1.54) is 0 Å². The molecule has 1 saturated heterocycles. The number of hydrogen-bond donors (Lipinski definition) is 2. The quantitative estimate of drug-likeness (QED) is 0.620. The predicted molar refractivity (Wildman–Crippen MR) is 109 cm³/mol. The Bertz CT molecular complexity index is 1110. The fourth-order valence-electron chi connectivity index (χ4n) is 3.58. The van der Waals surface area contributed by atoms with Gasteiger partial charge in [-0.05, 0) is 23.3 Å². The highest BCUT2D eigenvalue weighted by atomic mass is 19.1. The molecule has 0 radical (unpaired) electrons. The van der Waals surface area contributed by atoms with Crippen molar-refractivity contribution in [1.82, 2.24) is 10.2 Å². The maximum Gasteiger partial charge on any atom is 0.326 e. The van der Waals surface area contributed by atoms with E-state index in [4.69, 9.17) is 0 Å². The van der Waals surface area contributed by atoms with E-state index in [1.54, 1.807) is 60.7 Å². The molecular weight excluding hydrogens is 404 g/mol. The Labute approximate surface area is 176 Å². The number of carbonyl (C=O) groups excluding carboxylic acids is 3. The second-order valence-corrected chi connectivity index (χ2v) is 6.98. The van der Waals surface area contributed by atoms with E-state index in [1.807, 2.05) is 0 Å². The molecule has 4 amide bonds. The normalized spacial score (nSPS) is 15.0. The van der Waals surface area contributed by atoms with E-state index in [9.17, 15) is 23.2 Å². The third-order valence-electron chi connectivity index (χ3n) is 5.03. The molecule has 1 aliphatic heterocycles. The number of halogens is 2. The van der Waals surface area contributed by atoms with Gasteiger partial charge in [0.05, 0.1) is 5.69 Å². The Hall–Kier alpha value is -4.07. The molecule has 0 bridgehead atoms. The van der Waals surface area contributed by atoms with E-state index in [0.29, 0.717) is 17.2 Å². The summed E-state index contributed by atoms with van der Waals surface area (Å²) < 4.78 is 26.9. The van der Waals surface area contributed by atoms with Gasteiger partial charge in [-0.1, -0.05) is 60.7 Å². The smallest absolute Gasteiger partial charge is 0.322 e. The summed E-state index contributed by atoms with van der Waals surface area (Å²) in [6, 6.07) is 19.3. The molecular formula is C23H17F2N3O3. The fourth-order valence-corrected chi connectivity index (χ4v) is 3.58. The van der Waals surface area contributed by atoms with E-state index in [-0.39, 0.29) is 5.69 Å². The van der Waals surface area contributed by atoms with Gasteiger partial charge in [0.15, 0.2) is 5.54 Å². The van der Waals surface area contributed by atoms with Crippen molar-refractivity contribution in [2.45, 2.75) is 5.54 Å². The molecule has 1 aliphatic rings. The Morgan fingerprint density at radius 3 is 2.03 bits per heavy atom. The number of urea groups is 1. The van der Waals surface area contributed by atoms with Crippen molar-refractivity contribution in [3.8, 4) is 0 Å². The molecule has 0 aliphatic carbocycles. The van der Waals surface area contributed by atoms with E-state index >= 15 is 0 Å². The lowest BCUT2D eigenvalue weighted by atomic mass is 9.82. The van der Waals surface area contributed by atoms with Crippen LogP contribution in [0.25, 0.3) is 0 Å². The number of benzene rings is 3. The molecule has 0 aromatic heterocycles. The molecule has 1 heterocycles. The minimum absolute atomic E-state index is 0.254. The van der Waals surface area contributed by atoms with Gasteiger partial charge in [-0.15, -0.1) is 0 Å². The summed E-state index contributed by atoms with van der Waals surface area (Å²) in [5.74, 6) is -3.19. The molecule has 6 nitrogen and oxygen atoms in total. The zero-order valence-electron chi connectivity index (χ0n) is 16.1. The monoisotopic (exact) mass is 421 g/mol. The molecule has 156 valence electrons. The average Bonchev–Trinajstić information content (AvgIpc) is 3.02. The van der Waals surface area contributed by atoms with Crippen LogP contribution in [0.4, 0.5) is 19.3 Å². The van der Waals surface area contributed by atoms with Crippen molar-refractivity contribution in [2.24, 2.45) is 0 Å². The number of hydrogen-bond acceptors (Lipinski definition) is 3. The largest absolute Gasteiger partial charge is 0.326 e. The number of nitrogens with one attached hydrogen (secondary N) is 2. The first-order chi connectivity index (χ1) is 14.9. The molecule has 4 rings (SSSR count). The third kappa shape index (κ3) is 3.63. The van der Waals surface area contributed by atoms with Crippen molar-refractivity contribution >= 4 is 23.5 Å². The van der Waals surface area contributed by atoms with Crippen LogP contribution < -0.4 is 10.6 Å². The van der Waals surface area contributed by atoms with Gasteiger partial charge in [-0.2, -0.15) is 0 Å². The van der Waals surface area contributed by atoms with Crippen LogP contribution in [0.2, 0.25) is 0 Å². The minimum Gasteiger partial charge on any atom is -0.322 e. The summed E-state index contributed by atoms with van der Waals surface area (Å²) in [6.07, 6.45) is 0. The van der Waals surface area contributed by atoms with Gasteiger partial charge in [0.25, 0.3) is 5.91 Å². The third-order valence-corrected chi connectivity index (χ3v) is 5.03. The fraction of sp³-hybridized carbons (Fsp3) is 0.0870. The predicted octanol–water partition coefficient (Wildman–Crippen LogP) is 3.40. The van der Waals surface area contributed by atoms with Crippen LogP contribution in [-0.4, -0.2) is 29.3 Å². The lowest BCUT2D eigenvalue weighted by molar-refractivity contribution is -0.133. The molecule has 8 heteroatoms. The first kappa shape index (κ1) is 20.2. The van der Waals surface area contributed by atoms with Crippen molar-refractivity contribution in [3.63, 3.8) is 0 Å². The average molecular weight is 421 g/mol. The van der Waals surface area contributed by atoms with Crippen LogP contribution >= 0.6 is 0 Å². The molecule has 1 fully saturated rings.